The Morgan fingerprint density at radius 2 is 1.88 bits per heavy atom. The van der Waals surface area contributed by atoms with Crippen molar-refractivity contribution in [2.45, 2.75) is 45.7 Å². The van der Waals surface area contributed by atoms with Crippen LogP contribution >= 0.6 is 0 Å². The monoisotopic (exact) mass is 228 g/mol. The number of ether oxygens (including phenoxy) is 1. The first-order chi connectivity index (χ1) is 7.54. The summed E-state index contributed by atoms with van der Waals surface area (Å²) in [7, 11) is 1.44. The quantitative estimate of drug-likeness (QED) is 0.801. The first-order valence-electron chi connectivity index (χ1n) is 6.13. The van der Waals surface area contributed by atoms with E-state index in [0.717, 1.165) is 25.9 Å². The molecule has 0 saturated carbocycles. The molecule has 0 bridgehead atoms. The minimum atomic E-state index is -0.199. The number of amides is 1. The van der Waals surface area contributed by atoms with Gasteiger partial charge in [0.1, 0.15) is 0 Å². The zero-order valence-corrected chi connectivity index (χ0v) is 10.8. The summed E-state index contributed by atoms with van der Waals surface area (Å²) < 4.78 is 4.71. The summed E-state index contributed by atoms with van der Waals surface area (Å²) in [5, 5.41) is 3.62. The first kappa shape index (κ1) is 13.3. The lowest BCUT2D eigenvalue weighted by molar-refractivity contribution is 0.108. The van der Waals surface area contributed by atoms with Crippen molar-refractivity contribution >= 4 is 6.09 Å². The molecule has 0 radical (unpaired) electrons. The van der Waals surface area contributed by atoms with E-state index in [1.807, 2.05) is 0 Å². The lowest BCUT2D eigenvalue weighted by Crippen LogP contribution is -2.48. The fraction of sp³-hybridized carbons (Fsp3) is 0.917. The average molecular weight is 228 g/mol. The van der Waals surface area contributed by atoms with E-state index in [0.29, 0.717) is 18.0 Å². The van der Waals surface area contributed by atoms with Crippen molar-refractivity contribution in [1.82, 2.24) is 10.2 Å². The summed E-state index contributed by atoms with van der Waals surface area (Å²) in [6.45, 7) is 8.27. The average Bonchev–Trinajstić information content (AvgIpc) is 2.28. The van der Waals surface area contributed by atoms with Crippen molar-refractivity contribution in [3.8, 4) is 0 Å². The Morgan fingerprint density at radius 3 is 2.31 bits per heavy atom. The van der Waals surface area contributed by atoms with Crippen LogP contribution in [0.25, 0.3) is 0 Å². The topological polar surface area (TPSA) is 41.6 Å². The number of methoxy groups -OCH3 is 1. The molecule has 0 aliphatic carbocycles. The van der Waals surface area contributed by atoms with E-state index in [2.05, 4.69) is 26.1 Å². The van der Waals surface area contributed by atoms with Gasteiger partial charge in [0.25, 0.3) is 0 Å². The lowest BCUT2D eigenvalue weighted by atomic mass is 10.0. The van der Waals surface area contributed by atoms with E-state index in [1.54, 1.807) is 4.90 Å². The Hall–Kier alpha value is -0.770. The van der Waals surface area contributed by atoms with Crippen LogP contribution in [0, 0.1) is 5.92 Å². The molecule has 16 heavy (non-hydrogen) atoms. The van der Waals surface area contributed by atoms with Gasteiger partial charge in [0.15, 0.2) is 0 Å². The number of likely N-dealkylation sites (tertiary alicyclic amines) is 1. The standard InChI is InChI=1S/C12H24N2O2/c1-9(2)10(3)13-11-5-7-14(8-6-11)12(15)16-4/h9-11,13H,5-8H2,1-4H3. The third-order valence-corrected chi connectivity index (χ3v) is 3.43. The lowest BCUT2D eigenvalue weighted by Gasteiger charge is -2.33. The third kappa shape index (κ3) is 3.67. The van der Waals surface area contributed by atoms with Crippen molar-refractivity contribution in [1.29, 1.82) is 0 Å². The number of carbonyl (C=O) groups is 1. The summed E-state index contributed by atoms with van der Waals surface area (Å²) in [6, 6.07) is 1.08. The second kappa shape index (κ2) is 6.09. The molecule has 1 atom stereocenters. The maximum absolute atomic E-state index is 11.3. The minimum Gasteiger partial charge on any atom is -0.453 e. The molecule has 1 unspecified atom stereocenters. The second-order valence-corrected chi connectivity index (χ2v) is 4.93. The predicted molar refractivity (Wildman–Crippen MR) is 64.4 cm³/mol. The zero-order chi connectivity index (χ0) is 12.1. The summed E-state index contributed by atoms with van der Waals surface area (Å²) in [5.74, 6) is 0.652. The van der Waals surface area contributed by atoms with Crippen LogP contribution in [0.5, 0.6) is 0 Å². The molecule has 4 heteroatoms. The maximum Gasteiger partial charge on any atom is 0.409 e. The molecule has 1 aliphatic heterocycles. The number of rotatable bonds is 3. The van der Waals surface area contributed by atoms with Crippen molar-refractivity contribution in [3.05, 3.63) is 0 Å². The highest BCUT2D eigenvalue weighted by Crippen LogP contribution is 2.13. The minimum absolute atomic E-state index is 0.199. The van der Waals surface area contributed by atoms with Crippen LogP contribution in [0.1, 0.15) is 33.6 Å². The Kier molecular flexibility index (Phi) is 5.06. The van der Waals surface area contributed by atoms with Gasteiger partial charge >= 0.3 is 6.09 Å². The third-order valence-electron chi connectivity index (χ3n) is 3.43. The normalized spacial score (nSPS) is 19.9. The highest BCUT2D eigenvalue weighted by atomic mass is 16.5. The number of carbonyl (C=O) groups excluding carboxylic acids is 1. The van der Waals surface area contributed by atoms with Crippen molar-refractivity contribution < 1.29 is 9.53 Å². The fourth-order valence-corrected chi connectivity index (χ4v) is 1.92. The molecular weight excluding hydrogens is 204 g/mol. The van der Waals surface area contributed by atoms with Crippen LogP contribution in [0.3, 0.4) is 0 Å². The molecule has 1 rings (SSSR count). The van der Waals surface area contributed by atoms with E-state index >= 15 is 0 Å². The van der Waals surface area contributed by atoms with Crippen LogP contribution in [0.4, 0.5) is 4.79 Å². The Labute approximate surface area is 98.3 Å². The molecule has 4 nitrogen and oxygen atoms in total. The zero-order valence-electron chi connectivity index (χ0n) is 10.8. The summed E-state index contributed by atoms with van der Waals surface area (Å²) >= 11 is 0. The smallest absolute Gasteiger partial charge is 0.409 e. The Bertz CT molecular complexity index is 223. The highest BCUT2D eigenvalue weighted by molar-refractivity contribution is 5.67. The molecule has 0 spiro atoms. The van der Waals surface area contributed by atoms with Crippen LogP contribution in [-0.2, 0) is 4.74 Å². The highest BCUT2D eigenvalue weighted by Gasteiger charge is 2.24. The van der Waals surface area contributed by atoms with Crippen molar-refractivity contribution in [2.75, 3.05) is 20.2 Å². The van der Waals surface area contributed by atoms with Gasteiger partial charge in [0.2, 0.25) is 0 Å². The van der Waals surface area contributed by atoms with E-state index in [1.165, 1.54) is 7.11 Å². The first-order valence-corrected chi connectivity index (χ1v) is 6.13. The molecular formula is C12H24N2O2. The van der Waals surface area contributed by atoms with E-state index in [4.69, 9.17) is 4.74 Å². The summed E-state index contributed by atoms with van der Waals surface area (Å²) in [5.41, 5.74) is 0. The summed E-state index contributed by atoms with van der Waals surface area (Å²) in [6.07, 6.45) is 1.84. The molecule has 1 heterocycles. The fourth-order valence-electron chi connectivity index (χ4n) is 1.92. The molecule has 0 aromatic heterocycles. The molecule has 1 fully saturated rings. The molecule has 1 aliphatic rings. The van der Waals surface area contributed by atoms with Crippen LogP contribution in [-0.4, -0.2) is 43.3 Å². The molecule has 1 N–H and O–H groups in total. The van der Waals surface area contributed by atoms with Crippen molar-refractivity contribution in [2.24, 2.45) is 5.92 Å². The predicted octanol–water partition coefficient (Wildman–Crippen LogP) is 1.85. The van der Waals surface area contributed by atoms with Crippen LogP contribution < -0.4 is 5.32 Å². The number of piperidine rings is 1. The Morgan fingerprint density at radius 1 is 1.31 bits per heavy atom. The number of nitrogens with zero attached hydrogens (tertiary/aromatic N) is 1. The van der Waals surface area contributed by atoms with Gasteiger partial charge in [-0.25, -0.2) is 4.79 Å². The van der Waals surface area contributed by atoms with Gasteiger partial charge in [-0.2, -0.15) is 0 Å². The number of hydrogen-bond donors (Lipinski definition) is 1. The molecule has 1 saturated heterocycles. The molecule has 0 aromatic rings. The molecule has 0 aromatic carbocycles. The SMILES string of the molecule is COC(=O)N1CCC(NC(C)C(C)C)CC1. The van der Waals surface area contributed by atoms with Gasteiger partial charge in [-0.3, -0.25) is 0 Å². The van der Waals surface area contributed by atoms with Crippen LogP contribution in [0.15, 0.2) is 0 Å². The Balaban J connectivity index is 2.29. The van der Waals surface area contributed by atoms with Gasteiger partial charge in [0, 0.05) is 25.2 Å². The van der Waals surface area contributed by atoms with Gasteiger partial charge in [-0.1, -0.05) is 13.8 Å². The molecule has 1 amide bonds. The second-order valence-electron chi connectivity index (χ2n) is 4.93. The van der Waals surface area contributed by atoms with Gasteiger partial charge in [-0.15, -0.1) is 0 Å². The largest absolute Gasteiger partial charge is 0.453 e. The number of nitrogens with one attached hydrogen (secondary N) is 1. The number of hydrogen-bond acceptors (Lipinski definition) is 3. The summed E-state index contributed by atoms with van der Waals surface area (Å²) in [4.78, 5) is 13.1. The van der Waals surface area contributed by atoms with Gasteiger partial charge < -0.3 is 15.0 Å². The van der Waals surface area contributed by atoms with Gasteiger partial charge in [0.05, 0.1) is 7.11 Å². The van der Waals surface area contributed by atoms with E-state index in [9.17, 15) is 4.79 Å². The van der Waals surface area contributed by atoms with Gasteiger partial charge in [-0.05, 0) is 25.7 Å². The van der Waals surface area contributed by atoms with Crippen molar-refractivity contribution in [3.63, 3.8) is 0 Å². The maximum atomic E-state index is 11.3. The molecule has 94 valence electrons. The van der Waals surface area contributed by atoms with Crippen LogP contribution in [0.2, 0.25) is 0 Å². The van der Waals surface area contributed by atoms with E-state index in [-0.39, 0.29) is 6.09 Å². The van der Waals surface area contributed by atoms with E-state index < -0.39 is 0 Å².